The number of carboxylic acid groups (broad SMARTS) is 1. The Morgan fingerprint density at radius 2 is 1.86 bits per heavy atom. The van der Waals surface area contributed by atoms with Gasteiger partial charge in [0.05, 0.1) is 0 Å². The minimum absolute atomic E-state index is 0.627. The topological polar surface area (TPSA) is 59.6 Å². The van der Waals surface area contributed by atoms with Crippen LogP contribution in [0.5, 0.6) is 0 Å². The molecule has 2 aromatic carbocycles. The van der Waals surface area contributed by atoms with Gasteiger partial charge in [0.1, 0.15) is 6.04 Å². The Labute approximate surface area is 179 Å². The first-order chi connectivity index (χ1) is 13.9. The van der Waals surface area contributed by atoms with Crippen LogP contribution >= 0.6 is 23.2 Å². The lowest BCUT2D eigenvalue weighted by molar-refractivity contribution is -0.144. The number of nitrogens with zero attached hydrogens (tertiary/aromatic N) is 2. The Morgan fingerprint density at radius 3 is 2.55 bits per heavy atom. The summed E-state index contributed by atoms with van der Waals surface area (Å²) in [5.41, 5.74) is 3.78. The largest absolute Gasteiger partial charge is 0.480 e. The summed E-state index contributed by atoms with van der Waals surface area (Å²) in [5, 5.41) is 12.3. The maximum Gasteiger partial charge on any atom is 0.325 e. The van der Waals surface area contributed by atoms with Crippen LogP contribution in [0.15, 0.2) is 42.5 Å². The SMILES string of the molecule is Cc1[nH]c2ccccc2c1C(C(=O)O)N1CCN(Cc2ccc(Cl)cc2Cl)CC1. The summed E-state index contributed by atoms with van der Waals surface area (Å²) in [4.78, 5) is 19.9. The van der Waals surface area contributed by atoms with Crippen LogP contribution in [-0.4, -0.2) is 52.0 Å². The van der Waals surface area contributed by atoms with Crippen molar-refractivity contribution in [1.29, 1.82) is 0 Å². The molecule has 0 amide bonds. The van der Waals surface area contributed by atoms with Crippen LogP contribution in [0.4, 0.5) is 0 Å². The van der Waals surface area contributed by atoms with E-state index < -0.39 is 12.0 Å². The minimum atomic E-state index is -0.813. The van der Waals surface area contributed by atoms with Gasteiger partial charge in [0, 0.05) is 64.9 Å². The van der Waals surface area contributed by atoms with Crippen LogP contribution in [0.3, 0.4) is 0 Å². The molecule has 152 valence electrons. The molecule has 1 aliphatic rings. The molecular weight excluding hydrogens is 409 g/mol. The maximum absolute atomic E-state index is 12.2. The normalized spacial score (nSPS) is 16.9. The highest BCUT2D eigenvalue weighted by Gasteiger charge is 2.33. The van der Waals surface area contributed by atoms with E-state index in [1.165, 1.54) is 0 Å². The summed E-state index contributed by atoms with van der Waals surface area (Å²) in [6.07, 6.45) is 0. The molecular formula is C22H23Cl2N3O2. The average molecular weight is 432 g/mol. The molecule has 0 spiro atoms. The Morgan fingerprint density at radius 1 is 1.14 bits per heavy atom. The number of nitrogens with one attached hydrogen (secondary N) is 1. The summed E-state index contributed by atoms with van der Waals surface area (Å²) >= 11 is 12.3. The van der Waals surface area contributed by atoms with Crippen LogP contribution < -0.4 is 0 Å². The number of aliphatic carboxylic acids is 1. The van der Waals surface area contributed by atoms with Crippen LogP contribution in [0.25, 0.3) is 10.9 Å². The van der Waals surface area contributed by atoms with E-state index >= 15 is 0 Å². The van der Waals surface area contributed by atoms with Gasteiger partial charge in [-0.2, -0.15) is 0 Å². The Kier molecular flexibility index (Phi) is 5.83. The predicted molar refractivity (Wildman–Crippen MR) is 117 cm³/mol. The van der Waals surface area contributed by atoms with Gasteiger partial charge in [0.25, 0.3) is 0 Å². The lowest BCUT2D eigenvalue weighted by atomic mass is 10.0. The lowest BCUT2D eigenvalue weighted by Crippen LogP contribution is -2.49. The zero-order chi connectivity index (χ0) is 20.5. The number of benzene rings is 2. The molecule has 7 heteroatoms. The molecule has 1 saturated heterocycles. The van der Waals surface area contributed by atoms with Crippen molar-refractivity contribution in [3.05, 3.63) is 69.3 Å². The van der Waals surface area contributed by atoms with Gasteiger partial charge in [0.15, 0.2) is 0 Å². The van der Waals surface area contributed by atoms with Gasteiger partial charge in [-0.3, -0.25) is 14.6 Å². The molecule has 1 aromatic heterocycles. The number of carboxylic acids is 1. The van der Waals surface area contributed by atoms with E-state index in [4.69, 9.17) is 23.2 Å². The van der Waals surface area contributed by atoms with Gasteiger partial charge >= 0.3 is 5.97 Å². The van der Waals surface area contributed by atoms with Crippen molar-refractivity contribution in [2.45, 2.75) is 19.5 Å². The fourth-order valence-electron chi connectivity index (χ4n) is 4.18. The lowest BCUT2D eigenvalue weighted by Gasteiger charge is -2.38. The fourth-order valence-corrected chi connectivity index (χ4v) is 4.65. The summed E-state index contributed by atoms with van der Waals surface area (Å²) in [6.45, 7) is 5.61. The molecule has 1 unspecified atom stereocenters. The van der Waals surface area contributed by atoms with E-state index in [9.17, 15) is 9.90 Å². The zero-order valence-electron chi connectivity index (χ0n) is 16.2. The molecule has 0 aliphatic carbocycles. The number of carbonyl (C=O) groups is 1. The molecule has 29 heavy (non-hydrogen) atoms. The number of hydrogen-bond donors (Lipinski definition) is 2. The van der Waals surface area contributed by atoms with Crippen LogP contribution in [0.1, 0.15) is 22.9 Å². The highest BCUT2D eigenvalue weighted by Crippen LogP contribution is 2.32. The van der Waals surface area contributed by atoms with E-state index in [1.807, 2.05) is 43.3 Å². The number of rotatable bonds is 5. The molecule has 0 bridgehead atoms. The van der Waals surface area contributed by atoms with Gasteiger partial charge in [-0.05, 0) is 30.7 Å². The van der Waals surface area contributed by atoms with Crippen molar-refractivity contribution in [3.63, 3.8) is 0 Å². The van der Waals surface area contributed by atoms with E-state index in [0.717, 1.165) is 47.4 Å². The Hall–Kier alpha value is -2.05. The molecule has 1 atom stereocenters. The van der Waals surface area contributed by atoms with E-state index in [1.54, 1.807) is 6.07 Å². The standard InChI is InChI=1S/C22H23Cl2N3O2/c1-14-20(17-4-2-3-5-19(17)25-14)21(22(28)29)27-10-8-26(9-11-27)13-15-6-7-16(23)12-18(15)24/h2-7,12,21,25H,8-11,13H2,1H3,(H,28,29). The number of aromatic amines is 1. The number of hydrogen-bond acceptors (Lipinski definition) is 3. The number of piperazine rings is 1. The summed E-state index contributed by atoms with van der Waals surface area (Å²) in [6, 6.07) is 12.8. The zero-order valence-corrected chi connectivity index (χ0v) is 17.7. The number of aryl methyl sites for hydroxylation is 1. The van der Waals surface area contributed by atoms with Crippen molar-refractivity contribution in [2.24, 2.45) is 0 Å². The first kappa shape index (κ1) is 20.2. The van der Waals surface area contributed by atoms with Crippen molar-refractivity contribution < 1.29 is 9.90 Å². The monoisotopic (exact) mass is 431 g/mol. The minimum Gasteiger partial charge on any atom is -0.480 e. The first-order valence-corrected chi connectivity index (χ1v) is 10.4. The number of aromatic nitrogens is 1. The van der Waals surface area contributed by atoms with Crippen molar-refractivity contribution in [1.82, 2.24) is 14.8 Å². The fraction of sp³-hybridized carbons (Fsp3) is 0.318. The van der Waals surface area contributed by atoms with Crippen molar-refractivity contribution in [3.8, 4) is 0 Å². The predicted octanol–water partition coefficient (Wildman–Crippen LogP) is 4.73. The summed E-state index contributed by atoms with van der Waals surface area (Å²) in [7, 11) is 0. The third-order valence-corrected chi connectivity index (χ3v) is 6.22. The molecule has 0 radical (unpaired) electrons. The van der Waals surface area contributed by atoms with Crippen molar-refractivity contribution in [2.75, 3.05) is 26.2 Å². The van der Waals surface area contributed by atoms with Crippen molar-refractivity contribution >= 4 is 40.1 Å². The number of H-pyrrole nitrogens is 1. The maximum atomic E-state index is 12.2. The highest BCUT2D eigenvalue weighted by atomic mass is 35.5. The molecule has 1 aliphatic heterocycles. The van der Waals surface area contributed by atoms with Crippen LogP contribution in [-0.2, 0) is 11.3 Å². The van der Waals surface area contributed by atoms with E-state index in [-0.39, 0.29) is 0 Å². The molecule has 0 saturated carbocycles. The Bertz CT molecular complexity index is 1040. The third-order valence-electron chi connectivity index (χ3n) is 5.63. The van der Waals surface area contributed by atoms with Gasteiger partial charge < -0.3 is 10.1 Å². The Balaban J connectivity index is 1.51. The highest BCUT2D eigenvalue weighted by molar-refractivity contribution is 6.35. The summed E-state index contributed by atoms with van der Waals surface area (Å²) in [5.74, 6) is -0.813. The van der Waals surface area contributed by atoms with Gasteiger partial charge in [0.2, 0.25) is 0 Å². The van der Waals surface area contributed by atoms with Crippen LogP contribution in [0.2, 0.25) is 10.0 Å². The number of halogens is 2. The molecule has 2 heterocycles. The van der Waals surface area contributed by atoms with E-state index in [2.05, 4.69) is 14.8 Å². The van der Waals surface area contributed by atoms with Gasteiger partial charge in [-0.1, -0.05) is 47.5 Å². The molecule has 3 aromatic rings. The number of fused-ring (bicyclic) bond motifs is 1. The smallest absolute Gasteiger partial charge is 0.325 e. The third kappa shape index (κ3) is 4.14. The molecule has 5 nitrogen and oxygen atoms in total. The van der Waals surface area contributed by atoms with E-state index in [0.29, 0.717) is 23.1 Å². The quantitative estimate of drug-likeness (QED) is 0.612. The second kappa shape index (κ2) is 8.36. The molecule has 1 fully saturated rings. The van der Waals surface area contributed by atoms with Crippen LogP contribution in [0, 0.1) is 6.92 Å². The second-order valence-corrected chi connectivity index (χ2v) is 8.34. The second-order valence-electron chi connectivity index (χ2n) is 7.50. The summed E-state index contributed by atoms with van der Waals surface area (Å²) < 4.78 is 0. The molecule has 4 rings (SSSR count). The molecule has 2 N–H and O–H groups in total. The number of para-hydroxylation sites is 1. The average Bonchev–Trinajstić information content (AvgIpc) is 3.01. The van der Waals surface area contributed by atoms with Gasteiger partial charge in [-0.15, -0.1) is 0 Å². The van der Waals surface area contributed by atoms with Gasteiger partial charge in [-0.25, -0.2) is 0 Å². The first-order valence-electron chi connectivity index (χ1n) is 9.64.